The van der Waals surface area contributed by atoms with Gasteiger partial charge in [0, 0.05) is 37.5 Å². The molecule has 2 aromatic heterocycles. The molecule has 0 amide bonds. The zero-order valence-corrected chi connectivity index (χ0v) is 14.6. The summed E-state index contributed by atoms with van der Waals surface area (Å²) in [6.45, 7) is 1.48. The average molecular weight is 367 g/mol. The number of aromatic amines is 1. The summed E-state index contributed by atoms with van der Waals surface area (Å²) >= 11 is 0. The van der Waals surface area contributed by atoms with E-state index in [1.807, 2.05) is 4.90 Å². The van der Waals surface area contributed by atoms with Crippen LogP contribution in [0.5, 0.6) is 0 Å². The molecular formula is C20H18FN3O3. The van der Waals surface area contributed by atoms with Crippen molar-refractivity contribution in [1.82, 2.24) is 14.9 Å². The Morgan fingerprint density at radius 2 is 2.15 bits per heavy atom. The van der Waals surface area contributed by atoms with Crippen LogP contribution in [0, 0.1) is 5.82 Å². The van der Waals surface area contributed by atoms with Gasteiger partial charge in [-0.3, -0.25) is 14.5 Å². The molecular weight excluding hydrogens is 349 g/mol. The molecule has 7 heteroatoms. The molecule has 3 aromatic rings. The topological polar surface area (TPSA) is 79.2 Å². The van der Waals surface area contributed by atoms with Gasteiger partial charge in [0.1, 0.15) is 17.2 Å². The van der Waals surface area contributed by atoms with Crippen LogP contribution in [0.15, 0.2) is 38.5 Å². The normalized spacial score (nSPS) is 17.2. The van der Waals surface area contributed by atoms with Crippen molar-refractivity contribution in [1.29, 1.82) is 0 Å². The molecule has 1 saturated carbocycles. The molecule has 0 bridgehead atoms. The van der Waals surface area contributed by atoms with E-state index in [0.717, 1.165) is 24.4 Å². The van der Waals surface area contributed by atoms with Gasteiger partial charge in [-0.2, -0.15) is 0 Å². The van der Waals surface area contributed by atoms with Crippen molar-refractivity contribution in [3.63, 3.8) is 0 Å². The molecule has 27 heavy (non-hydrogen) atoms. The van der Waals surface area contributed by atoms with Crippen molar-refractivity contribution >= 4 is 11.0 Å². The van der Waals surface area contributed by atoms with Gasteiger partial charge in [-0.05, 0) is 31.0 Å². The van der Waals surface area contributed by atoms with Crippen molar-refractivity contribution in [2.45, 2.75) is 38.3 Å². The summed E-state index contributed by atoms with van der Waals surface area (Å²) in [6.07, 6.45) is 4.28. The van der Waals surface area contributed by atoms with Crippen LogP contribution in [0.3, 0.4) is 0 Å². The fourth-order valence-electron chi connectivity index (χ4n) is 3.68. The number of H-pyrrole nitrogens is 1. The van der Waals surface area contributed by atoms with E-state index in [-0.39, 0.29) is 16.4 Å². The number of halogens is 1. The van der Waals surface area contributed by atoms with Crippen molar-refractivity contribution < 1.29 is 8.81 Å². The molecule has 1 aromatic carbocycles. The Bertz CT molecular complexity index is 1160. The molecule has 0 unspecified atom stereocenters. The SMILES string of the molecule is O=c1[nH]c(C2CC2)nc2c1CN(Cc1coc3ccc(F)cc3c1=O)CC2. The molecule has 1 N–H and O–H groups in total. The van der Waals surface area contributed by atoms with Crippen LogP contribution in [0.1, 0.15) is 41.4 Å². The van der Waals surface area contributed by atoms with E-state index in [9.17, 15) is 14.0 Å². The number of nitrogens with zero attached hydrogens (tertiary/aromatic N) is 2. The Hall–Kier alpha value is -2.80. The molecule has 5 rings (SSSR count). The van der Waals surface area contributed by atoms with Gasteiger partial charge in [-0.1, -0.05) is 0 Å². The Labute approximate surface area is 153 Å². The second-order valence-electron chi connectivity index (χ2n) is 7.34. The maximum atomic E-state index is 13.5. The zero-order chi connectivity index (χ0) is 18.5. The van der Waals surface area contributed by atoms with E-state index >= 15 is 0 Å². The van der Waals surface area contributed by atoms with Gasteiger partial charge < -0.3 is 9.40 Å². The zero-order valence-electron chi connectivity index (χ0n) is 14.6. The first-order chi connectivity index (χ1) is 13.1. The first-order valence-corrected chi connectivity index (χ1v) is 9.13. The first kappa shape index (κ1) is 16.4. The van der Waals surface area contributed by atoms with Crippen LogP contribution in [0.25, 0.3) is 11.0 Å². The summed E-state index contributed by atoms with van der Waals surface area (Å²) in [5.74, 6) is 0.746. The molecule has 2 aliphatic rings. The lowest BCUT2D eigenvalue weighted by molar-refractivity contribution is 0.239. The minimum absolute atomic E-state index is 0.0841. The molecule has 138 valence electrons. The maximum absolute atomic E-state index is 13.5. The van der Waals surface area contributed by atoms with Gasteiger partial charge in [0.15, 0.2) is 5.43 Å². The minimum atomic E-state index is -0.470. The molecule has 0 atom stereocenters. The lowest BCUT2D eigenvalue weighted by Gasteiger charge is -2.27. The van der Waals surface area contributed by atoms with Crippen LogP contribution in [0.2, 0.25) is 0 Å². The van der Waals surface area contributed by atoms with Crippen LogP contribution in [-0.4, -0.2) is 21.4 Å². The van der Waals surface area contributed by atoms with Gasteiger partial charge in [0.05, 0.1) is 22.9 Å². The summed E-state index contributed by atoms with van der Waals surface area (Å²) < 4.78 is 19.0. The standard InChI is InChI=1S/C20H18FN3O3/c21-13-3-4-17-14(7-13)18(25)12(10-27-17)8-24-6-5-16-15(9-24)20(26)23-19(22-16)11-1-2-11/h3-4,7,10-11H,1-2,5-6,8-9H2,(H,22,23,26). The van der Waals surface area contributed by atoms with Crippen LogP contribution < -0.4 is 11.0 Å². The van der Waals surface area contributed by atoms with Crippen molar-refractivity contribution in [2.75, 3.05) is 6.54 Å². The quantitative estimate of drug-likeness (QED) is 0.769. The molecule has 1 aliphatic heterocycles. The average Bonchev–Trinajstić information content (AvgIpc) is 3.50. The lowest BCUT2D eigenvalue weighted by atomic mass is 10.1. The molecule has 6 nitrogen and oxygen atoms in total. The van der Waals surface area contributed by atoms with Gasteiger partial charge in [0.25, 0.3) is 5.56 Å². The van der Waals surface area contributed by atoms with E-state index in [1.165, 1.54) is 24.5 Å². The third-order valence-electron chi connectivity index (χ3n) is 5.33. The highest BCUT2D eigenvalue weighted by atomic mass is 19.1. The summed E-state index contributed by atoms with van der Waals surface area (Å²) in [5, 5.41) is 0.235. The summed E-state index contributed by atoms with van der Waals surface area (Å²) in [4.78, 5) is 34.7. The molecule has 0 saturated heterocycles. The maximum Gasteiger partial charge on any atom is 0.255 e. The van der Waals surface area contributed by atoms with Crippen LogP contribution >= 0.6 is 0 Å². The lowest BCUT2D eigenvalue weighted by Crippen LogP contribution is -2.36. The summed E-state index contributed by atoms with van der Waals surface area (Å²) in [5.41, 5.74) is 2.03. The smallest absolute Gasteiger partial charge is 0.255 e. The number of hydrogen-bond donors (Lipinski definition) is 1. The number of benzene rings is 1. The molecule has 3 heterocycles. The highest BCUT2D eigenvalue weighted by Gasteiger charge is 2.29. The van der Waals surface area contributed by atoms with Crippen molar-refractivity contribution in [3.8, 4) is 0 Å². The Balaban J connectivity index is 1.43. The summed E-state index contributed by atoms with van der Waals surface area (Å²) in [6, 6.07) is 3.92. The highest BCUT2D eigenvalue weighted by molar-refractivity contribution is 5.76. The molecule has 1 fully saturated rings. The number of rotatable bonds is 3. The number of fused-ring (bicyclic) bond motifs is 2. The minimum Gasteiger partial charge on any atom is -0.464 e. The number of nitrogens with one attached hydrogen (secondary N) is 1. The van der Waals surface area contributed by atoms with E-state index < -0.39 is 5.82 Å². The predicted octanol–water partition coefficient (Wildman–Crippen LogP) is 2.45. The third kappa shape index (κ3) is 2.98. The van der Waals surface area contributed by atoms with E-state index in [4.69, 9.17) is 4.42 Å². The second kappa shape index (κ2) is 6.13. The second-order valence-corrected chi connectivity index (χ2v) is 7.34. The molecule has 0 spiro atoms. The fourth-order valence-corrected chi connectivity index (χ4v) is 3.68. The van der Waals surface area contributed by atoms with Gasteiger partial charge in [0.2, 0.25) is 0 Å². The number of hydrogen-bond acceptors (Lipinski definition) is 5. The predicted molar refractivity (Wildman–Crippen MR) is 97.1 cm³/mol. The van der Waals surface area contributed by atoms with Crippen molar-refractivity contribution in [3.05, 3.63) is 73.5 Å². The van der Waals surface area contributed by atoms with Crippen LogP contribution in [0.4, 0.5) is 4.39 Å². The fraction of sp³-hybridized carbons (Fsp3) is 0.350. The largest absolute Gasteiger partial charge is 0.464 e. The van der Waals surface area contributed by atoms with Crippen LogP contribution in [-0.2, 0) is 19.5 Å². The van der Waals surface area contributed by atoms with Gasteiger partial charge >= 0.3 is 0 Å². The van der Waals surface area contributed by atoms with Gasteiger partial charge in [-0.15, -0.1) is 0 Å². The monoisotopic (exact) mass is 367 g/mol. The Kier molecular flexibility index (Phi) is 3.72. The van der Waals surface area contributed by atoms with Crippen molar-refractivity contribution in [2.24, 2.45) is 0 Å². The molecule has 0 radical (unpaired) electrons. The number of aromatic nitrogens is 2. The first-order valence-electron chi connectivity index (χ1n) is 9.13. The Morgan fingerprint density at radius 1 is 1.30 bits per heavy atom. The third-order valence-corrected chi connectivity index (χ3v) is 5.33. The van der Waals surface area contributed by atoms with Gasteiger partial charge in [-0.25, -0.2) is 9.37 Å². The molecule has 1 aliphatic carbocycles. The summed E-state index contributed by atoms with van der Waals surface area (Å²) in [7, 11) is 0. The Morgan fingerprint density at radius 3 is 2.96 bits per heavy atom. The van der Waals surface area contributed by atoms with E-state index in [0.29, 0.717) is 48.7 Å². The highest BCUT2D eigenvalue weighted by Crippen LogP contribution is 2.37. The van der Waals surface area contributed by atoms with E-state index in [1.54, 1.807) is 0 Å². The van der Waals surface area contributed by atoms with E-state index in [2.05, 4.69) is 9.97 Å².